The molecule has 0 radical (unpaired) electrons. The molecule has 0 aromatic heterocycles. The Balaban J connectivity index is 1.78. The zero-order valence-corrected chi connectivity index (χ0v) is 17.5. The second-order valence-electron chi connectivity index (χ2n) is 7.06. The third-order valence-corrected chi connectivity index (χ3v) is 7.87. The van der Waals surface area contributed by atoms with Crippen LogP contribution in [0.4, 0.5) is 0 Å². The van der Waals surface area contributed by atoms with Crippen molar-refractivity contribution >= 4 is 25.4 Å². The van der Waals surface area contributed by atoms with Gasteiger partial charge in [0.1, 0.15) is 0 Å². The van der Waals surface area contributed by atoms with E-state index in [1.807, 2.05) is 30.3 Å². The van der Waals surface area contributed by atoms with Gasteiger partial charge in [-0.05, 0) is 0 Å². The van der Waals surface area contributed by atoms with Crippen molar-refractivity contribution in [2.24, 2.45) is 11.3 Å². The number of rotatable bonds is 5. The van der Waals surface area contributed by atoms with Crippen molar-refractivity contribution in [2.75, 3.05) is 7.11 Å². The van der Waals surface area contributed by atoms with Crippen molar-refractivity contribution in [2.45, 2.75) is 37.4 Å². The van der Waals surface area contributed by atoms with Gasteiger partial charge in [0.15, 0.2) is 0 Å². The van der Waals surface area contributed by atoms with Gasteiger partial charge in [0.2, 0.25) is 0 Å². The van der Waals surface area contributed by atoms with Crippen LogP contribution in [0.5, 0.6) is 0 Å². The van der Waals surface area contributed by atoms with Crippen LogP contribution in [0.15, 0.2) is 60.7 Å². The third-order valence-electron chi connectivity index (χ3n) is 5.40. The summed E-state index contributed by atoms with van der Waals surface area (Å²) in [6.07, 6.45) is 4.84. The maximum absolute atomic E-state index is 12.9. The van der Waals surface area contributed by atoms with Crippen LogP contribution in [0.2, 0.25) is 5.32 Å². The first-order chi connectivity index (χ1) is 13.2. The topological polar surface area (TPSA) is 26.3 Å². The Morgan fingerprint density at radius 2 is 1.81 bits per heavy atom. The molecule has 1 aliphatic carbocycles. The van der Waals surface area contributed by atoms with E-state index in [1.54, 1.807) is 0 Å². The summed E-state index contributed by atoms with van der Waals surface area (Å²) in [6.45, 7) is 0. The molecule has 1 fully saturated rings. The Morgan fingerprint density at radius 1 is 1.11 bits per heavy atom. The molecular formula is C24H26O2Se. The fourth-order valence-corrected chi connectivity index (χ4v) is 6.45. The third kappa shape index (κ3) is 5.04. The number of hydrogen-bond donors (Lipinski definition) is 0. The van der Waals surface area contributed by atoms with Gasteiger partial charge in [0, 0.05) is 0 Å². The predicted octanol–water partition coefficient (Wildman–Crippen LogP) is 4.23. The van der Waals surface area contributed by atoms with Crippen LogP contribution in [-0.2, 0) is 9.53 Å². The van der Waals surface area contributed by atoms with Crippen molar-refractivity contribution < 1.29 is 9.53 Å². The quantitative estimate of drug-likeness (QED) is 0.407. The number of carbonyl (C=O) groups excluding carboxylic acids is 1. The molecule has 2 aromatic carbocycles. The van der Waals surface area contributed by atoms with Gasteiger partial charge in [-0.3, -0.25) is 0 Å². The maximum atomic E-state index is 12.9. The molecule has 0 saturated heterocycles. The van der Waals surface area contributed by atoms with E-state index in [1.165, 1.54) is 18.0 Å². The molecule has 0 N–H and O–H groups in total. The van der Waals surface area contributed by atoms with E-state index >= 15 is 0 Å². The molecule has 0 amide bonds. The normalized spacial score (nSPS) is 21.7. The second-order valence-corrected chi connectivity index (χ2v) is 9.35. The molecule has 3 heteroatoms. The van der Waals surface area contributed by atoms with Gasteiger partial charge in [0.05, 0.1) is 0 Å². The fourth-order valence-electron chi connectivity index (χ4n) is 3.87. The molecule has 2 nitrogen and oxygen atoms in total. The molecule has 0 bridgehead atoms. The van der Waals surface area contributed by atoms with Gasteiger partial charge in [0.25, 0.3) is 0 Å². The van der Waals surface area contributed by atoms with Crippen molar-refractivity contribution in [3.63, 3.8) is 0 Å². The van der Waals surface area contributed by atoms with Crippen LogP contribution in [0, 0.1) is 23.2 Å². The van der Waals surface area contributed by atoms with Crippen LogP contribution in [-0.4, -0.2) is 28.0 Å². The molecule has 1 saturated carbocycles. The minimum absolute atomic E-state index is 0.0709. The van der Waals surface area contributed by atoms with E-state index < -0.39 is 5.41 Å². The molecule has 0 spiro atoms. The predicted molar refractivity (Wildman–Crippen MR) is 111 cm³/mol. The molecule has 0 heterocycles. The van der Waals surface area contributed by atoms with Crippen molar-refractivity contribution in [3.8, 4) is 11.8 Å². The number of ether oxygens (including phenoxy) is 1. The molecule has 2 aromatic rings. The summed E-state index contributed by atoms with van der Waals surface area (Å²) in [7, 11) is 1.52. The van der Waals surface area contributed by atoms with Crippen molar-refractivity contribution in [1.29, 1.82) is 0 Å². The summed E-state index contributed by atoms with van der Waals surface area (Å²) in [4.78, 5) is 12.9. The van der Waals surface area contributed by atoms with E-state index in [-0.39, 0.29) is 5.97 Å². The standard InChI is InChI=1S/C24H26O2Se/c1-26-23(25)24(18-10-13-20-11-4-2-5-12-20)17-9-8-14-21(24)19-27-22-15-6-3-7-16-22/h2-7,11-12,15-16,21H,8-9,14,17-19H2,1H3/t21-,24+/m1/s1. The van der Waals surface area contributed by atoms with Gasteiger partial charge in [-0.25, -0.2) is 0 Å². The average molecular weight is 425 g/mol. The first-order valence-electron chi connectivity index (χ1n) is 9.55. The van der Waals surface area contributed by atoms with Crippen LogP contribution in [0.1, 0.15) is 37.7 Å². The monoisotopic (exact) mass is 426 g/mol. The molecule has 3 rings (SSSR count). The van der Waals surface area contributed by atoms with E-state index in [9.17, 15) is 4.79 Å². The Bertz CT molecular complexity index is 791. The van der Waals surface area contributed by atoms with Gasteiger partial charge in [-0.1, -0.05) is 0 Å². The van der Waals surface area contributed by atoms with E-state index in [0.717, 1.165) is 30.1 Å². The van der Waals surface area contributed by atoms with Crippen LogP contribution < -0.4 is 4.46 Å². The van der Waals surface area contributed by atoms with Gasteiger partial charge in [-0.2, -0.15) is 0 Å². The SMILES string of the molecule is COC(=O)[C@]1(CC#Cc2ccccc2)CCCC[C@@H]1C[Se]c1ccccc1. The zero-order chi connectivity index (χ0) is 19.0. The number of benzene rings is 2. The molecule has 0 unspecified atom stereocenters. The molecule has 0 aliphatic heterocycles. The first kappa shape index (κ1) is 19.7. The Labute approximate surface area is 168 Å². The summed E-state index contributed by atoms with van der Waals surface area (Å²) in [5, 5.41) is 1.07. The summed E-state index contributed by atoms with van der Waals surface area (Å²) < 4.78 is 6.67. The van der Waals surface area contributed by atoms with Gasteiger partial charge >= 0.3 is 169 Å². The average Bonchev–Trinajstić information content (AvgIpc) is 2.74. The number of hydrogen-bond acceptors (Lipinski definition) is 2. The summed E-state index contributed by atoms with van der Waals surface area (Å²) in [5.74, 6) is 6.83. The van der Waals surface area contributed by atoms with Gasteiger partial charge < -0.3 is 0 Å². The van der Waals surface area contributed by atoms with E-state index in [0.29, 0.717) is 27.3 Å². The molecule has 1 aliphatic rings. The molecule has 140 valence electrons. The Morgan fingerprint density at radius 3 is 2.52 bits per heavy atom. The Kier molecular flexibility index (Phi) is 7.16. The summed E-state index contributed by atoms with van der Waals surface area (Å²) in [6, 6.07) is 20.6. The Hall–Kier alpha value is -2.01. The number of esters is 1. The van der Waals surface area contributed by atoms with Crippen LogP contribution >= 0.6 is 0 Å². The molecular weight excluding hydrogens is 399 g/mol. The fraction of sp³-hybridized carbons (Fsp3) is 0.375. The van der Waals surface area contributed by atoms with Crippen LogP contribution in [0.3, 0.4) is 0 Å². The van der Waals surface area contributed by atoms with E-state index in [4.69, 9.17) is 4.74 Å². The second kappa shape index (κ2) is 9.79. The summed E-state index contributed by atoms with van der Waals surface area (Å²) >= 11 is 0.370. The van der Waals surface area contributed by atoms with Crippen LogP contribution in [0.25, 0.3) is 0 Å². The summed E-state index contributed by atoms with van der Waals surface area (Å²) in [5.41, 5.74) is 0.545. The van der Waals surface area contributed by atoms with Gasteiger partial charge in [-0.15, -0.1) is 0 Å². The molecule has 2 atom stereocenters. The number of carbonyl (C=O) groups is 1. The zero-order valence-electron chi connectivity index (χ0n) is 15.8. The van der Waals surface area contributed by atoms with E-state index in [2.05, 4.69) is 42.2 Å². The minimum atomic E-state index is -0.453. The molecule has 27 heavy (non-hydrogen) atoms. The van der Waals surface area contributed by atoms with Crippen molar-refractivity contribution in [1.82, 2.24) is 0 Å². The number of methoxy groups -OCH3 is 1. The van der Waals surface area contributed by atoms with Crippen molar-refractivity contribution in [3.05, 3.63) is 66.2 Å². The first-order valence-corrected chi connectivity index (χ1v) is 11.6.